The van der Waals surface area contributed by atoms with E-state index < -0.39 is 17.5 Å². The van der Waals surface area contributed by atoms with Crippen LogP contribution in [0.4, 0.5) is 30.4 Å². The molecule has 0 saturated heterocycles. The Morgan fingerprint density at radius 3 is 2.38 bits per heavy atom. The first-order chi connectivity index (χ1) is 10.1. The fraction of sp³-hybridized carbons (Fsp3) is 0. The zero-order valence-corrected chi connectivity index (χ0v) is 10.7. The molecule has 0 aliphatic carbocycles. The van der Waals surface area contributed by atoms with Crippen molar-refractivity contribution in [1.29, 1.82) is 0 Å². The highest BCUT2D eigenvalue weighted by Gasteiger charge is 2.12. The van der Waals surface area contributed by atoms with Gasteiger partial charge in [-0.3, -0.25) is 0 Å². The van der Waals surface area contributed by atoms with Gasteiger partial charge >= 0.3 is 0 Å². The van der Waals surface area contributed by atoms with Gasteiger partial charge in [-0.2, -0.15) is 0 Å². The summed E-state index contributed by atoms with van der Waals surface area (Å²) in [5.41, 5.74) is 5.61. The minimum absolute atomic E-state index is 0.128. The number of nitrogens with one attached hydrogen (secondary N) is 1. The van der Waals surface area contributed by atoms with Gasteiger partial charge in [0.2, 0.25) is 0 Å². The van der Waals surface area contributed by atoms with E-state index in [0.717, 1.165) is 12.1 Å². The molecule has 3 N–H and O–H groups in total. The van der Waals surface area contributed by atoms with Gasteiger partial charge in [-0.05, 0) is 30.3 Å². The lowest BCUT2D eigenvalue weighted by molar-refractivity contribution is 0.590. The van der Waals surface area contributed by atoms with Crippen LogP contribution >= 0.6 is 0 Å². The van der Waals surface area contributed by atoms with E-state index in [1.807, 2.05) is 0 Å². The molecule has 0 atom stereocenters. The molecular formula is C15H10F3N3. The number of nitrogens with two attached hydrogens (primary N) is 1. The number of aromatic nitrogens is 1. The van der Waals surface area contributed by atoms with E-state index in [1.165, 1.54) is 24.4 Å². The third-order valence-corrected chi connectivity index (χ3v) is 3.08. The van der Waals surface area contributed by atoms with Gasteiger partial charge in [0.25, 0.3) is 0 Å². The molecule has 106 valence electrons. The fourth-order valence-electron chi connectivity index (χ4n) is 2.11. The molecule has 0 bridgehead atoms. The number of benzene rings is 2. The van der Waals surface area contributed by atoms with Crippen LogP contribution in [0.2, 0.25) is 0 Å². The lowest BCUT2D eigenvalue weighted by Crippen LogP contribution is -2.01. The molecule has 0 unspecified atom stereocenters. The summed E-state index contributed by atoms with van der Waals surface area (Å²) in [7, 11) is 0. The van der Waals surface area contributed by atoms with Crippen molar-refractivity contribution in [2.24, 2.45) is 0 Å². The molecule has 3 aromatic rings. The minimum Gasteiger partial charge on any atom is -0.398 e. The second kappa shape index (κ2) is 4.97. The van der Waals surface area contributed by atoms with Crippen molar-refractivity contribution in [2.45, 2.75) is 0 Å². The van der Waals surface area contributed by atoms with Crippen LogP contribution < -0.4 is 11.1 Å². The molecule has 6 heteroatoms. The van der Waals surface area contributed by atoms with Crippen molar-refractivity contribution >= 4 is 28.0 Å². The molecule has 3 nitrogen and oxygen atoms in total. The van der Waals surface area contributed by atoms with Crippen molar-refractivity contribution in [3.05, 3.63) is 60.0 Å². The number of hydrogen-bond donors (Lipinski definition) is 2. The number of para-hydroxylation sites is 1. The van der Waals surface area contributed by atoms with Crippen LogP contribution in [0.3, 0.4) is 0 Å². The Kier molecular flexibility index (Phi) is 3.13. The highest BCUT2D eigenvalue weighted by atomic mass is 19.1. The van der Waals surface area contributed by atoms with Crippen molar-refractivity contribution < 1.29 is 13.2 Å². The monoisotopic (exact) mass is 289 g/mol. The van der Waals surface area contributed by atoms with Crippen LogP contribution in [0.25, 0.3) is 10.8 Å². The maximum absolute atomic E-state index is 13.7. The lowest BCUT2D eigenvalue weighted by Gasteiger charge is -2.11. The van der Waals surface area contributed by atoms with Crippen LogP contribution in [0.5, 0.6) is 0 Å². The Labute approximate surface area is 118 Å². The van der Waals surface area contributed by atoms with Crippen LogP contribution in [-0.2, 0) is 0 Å². The molecule has 0 radical (unpaired) electrons. The van der Waals surface area contributed by atoms with Crippen LogP contribution in [-0.4, -0.2) is 4.98 Å². The summed E-state index contributed by atoms with van der Waals surface area (Å²) in [4.78, 5) is 4.00. The molecule has 0 saturated carbocycles. The highest BCUT2D eigenvalue weighted by molar-refractivity contribution is 6.00. The van der Waals surface area contributed by atoms with Gasteiger partial charge in [0.1, 0.15) is 29.0 Å². The zero-order valence-electron chi connectivity index (χ0n) is 10.7. The Bertz CT molecular complexity index is 814. The summed E-state index contributed by atoms with van der Waals surface area (Å²) >= 11 is 0. The van der Waals surface area contributed by atoms with Crippen LogP contribution in [0.15, 0.2) is 42.6 Å². The standard InChI is InChI=1S/C15H10F3N3/c16-8-6-10-9(13(19)7-8)4-5-20-15(10)21-14-11(17)2-1-3-12(14)18/h1-7H,19H2,(H,20,21). The first-order valence-corrected chi connectivity index (χ1v) is 6.11. The second-order valence-electron chi connectivity index (χ2n) is 4.47. The number of anilines is 3. The number of halogens is 3. The maximum Gasteiger partial charge on any atom is 0.149 e. The Morgan fingerprint density at radius 2 is 1.67 bits per heavy atom. The summed E-state index contributed by atoms with van der Waals surface area (Å²) in [6.45, 7) is 0. The summed E-state index contributed by atoms with van der Waals surface area (Å²) < 4.78 is 40.8. The quantitative estimate of drug-likeness (QED) is 0.702. The minimum atomic E-state index is -0.766. The smallest absolute Gasteiger partial charge is 0.149 e. The van der Waals surface area contributed by atoms with Crippen LogP contribution in [0.1, 0.15) is 0 Å². The van der Waals surface area contributed by atoms with Gasteiger partial charge in [-0.15, -0.1) is 0 Å². The number of rotatable bonds is 2. The molecular weight excluding hydrogens is 279 g/mol. The van der Waals surface area contributed by atoms with Crippen molar-refractivity contribution in [3.8, 4) is 0 Å². The molecule has 1 aromatic heterocycles. The van der Waals surface area contributed by atoms with Gasteiger partial charge in [0, 0.05) is 22.7 Å². The largest absolute Gasteiger partial charge is 0.398 e. The van der Waals surface area contributed by atoms with Crippen molar-refractivity contribution in [3.63, 3.8) is 0 Å². The van der Waals surface area contributed by atoms with Gasteiger partial charge in [-0.1, -0.05) is 6.07 Å². The van der Waals surface area contributed by atoms with E-state index in [4.69, 9.17) is 5.73 Å². The predicted octanol–water partition coefficient (Wildman–Crippen LogP) is 3.98. The Morgan fingerprint density at radius 1 is 0.952 bits per heavy atom. The predicted molar refractivity (Wildman–Crippen MR) is 75.8 cm³/mol. The van der Waals surface area contributed by atoms with Crippen LogP contribution in [0, 0.1) is 17.5 Å². The average Bonchev–Trinajstić information content (AvgIpc) is 2.43. The first kappa shape index (κ1) is 13.2. The summed E-state index contributed by atoms with van der Waals surface area (Å²) in [5.74, 6) is -1.95. The molecule has 0 aliphatic rings. The van der Waals surface area contributed by atoms with E-state index in [9.17, 15) is 13.2 Å². The third kappa shape index (κ3) is 2.35. The molecule has 1 heterocycles. The molecule has 0 amide bonds. The normalized spacial score (nSPS) is 10.8. The van der Waals surface area contributed by atoms with Crippen molar-refractivity contribution in [1.82, 2.24) is 4.98 Å². The summed E-state index contributed by atoms with van der Waals surface area (Å²) in [6.07, 6.45) is 1.43. The topological polar surface area (TPSA) is 50.9 Å². The van der Waals surface area contributed by atoms with Gasteiger partial charge in [-0.25, -0.2) is 18.2 Å². The maximum atomic E-state index is 13.7. The van der Waals surface area contributed by atoms with E-state index >= 15 is 0 Å². The van der Waals surface area contributed by atoms with E-state index in [-0.39, 0.29) is 17.2 Å². The van der Waals surface area contributed by atoms with Gasteiger partial charge in [0.15, 0.2) is 0 Å². The number of nitrogen functional groups attached to an aromatic ring is 1. The molecule has 0 spiro atoms. The Balaban J connectivity index is 2.17. The molecule has 0 fully saturated rings. The molecule has 0 aliphatic heterocycles. The Hall–Kier alpha value is -2.76. The van der Waals surface area contributed by atoms with Gasteiger partial charge < -0.3 is 11.1 Å². The summed E-state index contributed by atoms with van der Waals surface area (Å²) in [5, 5.41) is 3.45. The number of pyridine rings is 1. The van der Waals surface area contributed by atoms with E-state index in [0.29, 0.717) is 10.8 Å². The fourth-order valence-corrected chi connectivity index (χ4v) is 2.11. The first-order valence-electron chi connectivity index (χ1n) is 6.11. The average molecular weight is 289 g/mol. The highest BCUT2D eigenvalue weighted by Crippen LogP contribution is 2.30. The lowest BCUT2D eigenvalue weighted by atomic mass is 10.1. The van der Waals surface area contributed by atoms with E-state index in [1.54, 1.807) is 6.07 Å². The number of hydrogen-bond acceptors (Lipinski definition) is 3. The molecule has 3 rings (SSSR count). The van der Waals surface area contributed by atoms with E-state index in [2.05, 4.69) is 10.3 Å². The SMILES string of the molecule is Nc1cc(F)cc2c(Nc3c(F)cccc3F)nccc12. The number of fused-ring (bicyclic) bond motifs is 1. The number of nitrogens with zero attached hydrogens (tertiary/aromatic N) is 1. The summed E-state index contributed by atoms with van der Waals surface area (Å²) in [6, 6.07) is 7.48. The molecule has 2 aromatic carbocycles. The van der Waals surface area contributed by atoms with Crippen molar-refractivity contribution in [2.75, 3.05) is 11.1 Å². The zero-order chi connectivity index (χ0) is 15.0. The second-order valence-corrected chi connectivity index (χ2v) is 4.47. The molecule has 21 heavy (non-hydrogen) atoms. The third-order valence-electron chi connectivity index (χ3n) is 3.08. The van der Waals surface area contributed by atoms with Gasteiger partial charge in [0.05, 0.1) is 0 Å².